The highest BCUT2D eigenvalue weighted by molar-refractivity contribution is 6.14. The van der Waals surface area contributed by atoms with Gasteiger partial charge in [-0.2, -0.15) is 0 Å². The van der Waals surface area contributed by atoms with Crippen LogP contribution in [-0.2, 0) is 5.41 Å². The number of aromatic nitrogens is 1. The van der Waals surface area contributed by atoms with Gasteiger partial charge in [0.2, 0.25) is 0 Å². The minimum atomic E-state index is -4.73. The standard InChI is InChI=1S/C34H24F3NO/c1-19-16-21(17-20-6-4-5-7-23(19)20)32-29-13-12-27-24(25(29)14-15-38-32)10-11-28-26-9-8-22(39-34(35,36)37)18-30(26)33(2,3)31(27)28/h4-18H,1-3H3. The molecule has 0 unspecified atom stereocenters. The third-order valence-electron chi connectivity index (χ3n) is 8.10. The smallest absolute Gasteiger partial charge is 0.406 e. The lowest BCUT2D eigenvalue weighted by atomic mass is 9.79. The van der Waals surface area contributed by atoms with Crippen molar-refractivity contribution in [2.24, 2.45) is 0 Å². The van der Waals surface area contributed by atoms with Gasteiger partial charge in [-0.1, -0.05) is 68.4 Å². The van der Waals surface area contributed by atoms with E-state index < -0.39 is 11.8 Å². The molecule has 0 saturated heterocycles. The van der Waals surface area contributed by atoms with Crippen molar-refractivity contribution in [3.63, 3.8) is 0 Å². The molecule has 0 spiro atoms. The zero-order chi connectivity index (χ0) is 27.1. The van der Waals surface area contributed by atoms with Gasteiger partial charge in [-0.15, -0.1) is 13.2 Å². The Morgan fingerprint density at radius 1 is 0.718 bits per heavy atom. The molecule has 0 bridgehead atoms. The van der Waals surface area contributed by atoms with Gasteiger partial charge in [-0.05, 0) is 92.0 Å². The summed E-state index contributed by atoms with van der Waals surface area (Å²) in [7, 11) is 0. The summed E-state index contributed by atoms with van der Waals surface area (Å²) >= 11 is 0. The van der Waals surface area contributed by atoms with Crippen molar-refractivity contribution in [2.45, 2.75) is 32.5 Å². The van der Waals surface area contributed by atoms with Gasteiger partial charge in [-0.3, -0.25) is 4.98 Å². The van der Waals surface area contributed by atoms with Crippen molar-refractivity contribution in [3.8, 4) is 28.1 Å². The first-order valence-electron chi connectivity index (χ1n) is 12.9. The van der Waals surface area contributed by atoms with Crippen LogP contribution in [-0.4, -0.2) is 11.3 Å². The fourth-order valence-corrected chi connectivity index (χ4v) is 6.44. The maximum atomic E-state index is 12.9. The normalized spacial score (nSPS) is 14.1. The van der Waals surface area contributed by atoms with Crippen molar-refractivity contribution >= 4 is 32.3 Å². The maximum absolute atomic E-state index is 12.9. The number of benzene rings is 5. The molecule has 1 aliphatic rings. The van der Waals surface area contributed by atoms with Gasteiger partial charge in [0, 0.05) is 22.6 Å². The molecule has 0 atom stereocenters. The fraction of sp³-hybridized carbons (Fsp3) is 0.147. The van der Waals surface area contributed by atoms with Crippen LogP contribution >= 0.6 is 0 Å². The quantitative estimate of drug-likeness (QED) is 0.213. The van der Waals surface area contributed by atoms with E-state index in [0.717, 1.165) is 55.1 Å². The summed E-state index contributed by atoms with van der Waals surface area (Å²) in [5.41, 5.74) is 6.62. The molecule has 5 aromatic carbocycles. The number of aryl methyl sites for hydroxylation is 1. The van der Waals surface area contributed by atoms with E-state index >= 15 is 0 Å². The Balaban J connectivity index is 1.42. The Hall–Kier alpha value is -4.38. The van der Waals surface area contributed by atoms with Crippen LogP contribution in [0.3, 0.4) is 0 Å². The summed E-state index contributed by atoms with van der Waals surface area (Å²) in [4.78, 5) is 4.80. The number of halogens is 3. The van der Waals surface area contributed by atoms with Gasteiger partial charge >= 0.3 is 6.36 Å². The summed E-state index contributed by atoms with van der Waals surface area (Å²) in [6, 6.07) is 27.9. The van der Waals surface area contributed by atoms with Gasteiger partial charge in [0.15, 0.2) is 0 Å². The SMILES string of the molecule is Cc1cc(-c2nccc3c2ccc2c4c(ccc23)-c2ccc(OC(F)(F)F)cc2C4(C)C)cc2ccccc12. The zero-order valence-electron chi connectivity index (χ0n) is 21.6. The number of pyridine rings is 1. The first kappa shape index (κ1) is 23.7. The molecule has 0 saturated carbocycles. The topological polar surface area (TPSA) is 22.1 Å². The number of rotatable bonds is 2. The van der Waals surface area contributed by atoms with Crippen LogP contribution in [0.2, 0.25) is 0 Å². The van der Waals surface area contributed by atoms with Gasteiger partial charge < -0.3 is 4.74 Å². The molecular formula is C34H24F3NO. The second-order valence-corrected chi connectivity index (χ2v) is 10.8. The van der Waals surface area contributed by atoms with Gasteiger partial charge in [0.05, 0.1) is 5.69 Å². The van der Waals surface area contributed by atoms with Crippen LogP contribution in [0.4, 0.5) is 13.2 Å². The van der Waals surface area contributed by atoms with Crippen molar-refractivity contribution in [2.75, 3.05) is 0 Å². The molecule has 6 aromatic rings. The van der Waals surface area contributed by atoms with E-state index in [2.05, 4.69) is 80.1 Å². The summed E-state index contributed by atoms with van der Waals surface area (Å²) in [5, 5.41) is 6.76. The molecular weight excluding hydrogens is 495 g/mol. The Morgan fingerprint density at radius 2 is 1.44 bits per heavy atom. The van der Waals surface area contributed by atoms with Crippen LogP contribution in [0.15, 0.2) is 91.1 Å². The van der Waals surface area contributed by atoms with E-state index in [9.17, 15) is 13.2 Å². The Kier molecular flexibility index (Phi) is 4.90. The van der Waals surface area contributed by atoms with Crippen LogP contribution in [0.25, 0.3) is 54.7 Å². The van der Waals surface area contributed by atoms with Gasteiger partial charge in [0.25, 0.3) is 0 Å². The van der Waals surface area contributed by atoms with Crippen LogP contribution in [0.5, 0.6) is 5.75 Å². The number of alkyl halides is 3. The Morgan fingerprint density at radius 3 is 2.26 bits per heavy atom. The van der Waals surface area contributed by atoms with Crippen LogP contribution in [0.1, 0.15) is 30.5 Å². The summed E-state index contributed by atoms with van der Waals surface area (Å²) in [6.07, 6.45) is -2.87. The van der Waals surface area contributed by atoms with E-state index in [1.54, 1.807) is 6.07 Å². The van der Waals surface area contributed by atoms with Gasteiger partial charge in [-0.25, -0.2) is 0 Å². The Labute approximate surface area is 223 Å². The maximum Gasteiger partial charge on any atom is 0.573 e. The van der Waals surface area contributed by atoms with E-state index in [1.807, 2.05) is 18.3 Å². The lowest BCUT2D eigenvalue weighted by molar-refractivity contribution is -0.274. The minimum absolute atomic E-state index is 0.196. The number of nitrogens with zero attached hydrogens (tertiary/aromatic N) is 1. The van der Waals surface area contributed by atoms with Crippen molar-refractivity contribution < 1.29 is 17.9 Å². The van der Waals surface area contributed by atoms with E-state index in [4.69, 9.17) is 4.98 Å². The predicted molar refractivity (Wildman–Crippen MR) is 151 cm³/mol. The average molecular weight is 520 g/mol. The van der Waals surface area contributed by atoms with Crippen LogP contribution in [0, 0.1) is 6.92 Å². The van der Waals surface area contributed by atoms with Crippen molar-refractivity contribution in [1.82, 2.24) is 4.98 Å². The molecule has 1 aliphatic carbocycles. The molecule has 0 radical (unpaired) electrons. The molecule has 0 fully saturated rings. The highest BCUT2D eigenvalue weighted by atomic mass is 19.4. The highest BCUT2D eigenvalue weighted by Gasteiger charge is 2.38. The molecule has 0 aliphatic heterocycles. The van der Waals surface area contributed by atoms with Crippen molar-refractivity contribution in [1.29, 1.82) is 0 Å². The van der Waals surface area contributed by atoms with Gasteiger partial charge in [0.1, 0.15) is 5.75 Å². The lowest BCUT2D eigenvalue weighted by Crippen LogP contribution is -2.19. The number of fused-ring (bicyclic) bond motifs is 8. The Bertz CT molecular complexity index is 1970. The summed E-state index contributed by atoms with van der Waals surface area (Å²) in [5.74, 6) is -0.196. The molecule has 1 heterocycles. The van der Waals surface area contributed by atoms with Crippen LogP contribution < -0.4 is 4.74 Å². The monoisotopic (exact) mass is 519 g/mol. The summed E-state index contributed by atoms with van der Waals surface area (Å²) in [6.45, 7) is 6.25. The largest absolute Gasteiger partial charge is 0.573 e. The number of ether oxygens (including phenoxy) is 1. The predicted octanol–water partition coefficient (Wildman–Crippen LogP) is 9.72. The van der Waals surface area contributed by atoms with E-state index in [1.165, 1.54) is 28.5 Å². The van der Waals surface area contributed by atoms with E-state index in [0.29, 0.717) is 0 Å². The third-order valence-corrected chi connectivity index (χ3v) is 8.10. The second-order valence-electron chi connectivity index (χ2n) is 10.8. The molecule has 0 N–H and O–H groups in total. The number of hydrogen-bond acceptors (Lipinski definition) is 2. The molecule has 7 rings (SSSR count). The first-order chi connectivity index (χ1) is 18.6. The first-order valence-corrected chi connectivity index (χ1v) is 12.9. The van der Waals surface area contributed by atoms with E-state index in [-0.39, 0.29) is 5.75 Å². The molecule has 1 aromatic heterocycles. The fourth-order valence-electron chi connectivity index (χ4n) is 6.44. The molecule has 192 valence electrons. The molecule has 5 heteroatoms. The summed E-state index contributed by atoms with van der Waals surface area (Å²) < 4.78 is 43.0. The molecule has 39 heavy (non-hydrogen) atoms. The minimum Gasteiger partial charge on any atom is -0.406 e. The molecule has 2 nitrogen and oxygen atoms in total. The lowest BCUT2D eigenvalue weighted by Gasteiger charge is -2.24. The molecule has 0 amide bonds. The highest BCUT2D eigenvalue weighted by Crippen LogP contribution is 2.53. The number of hydrogen-bond donors (Lipinski definition) is 0. The second kappa shape index (κ2) is 8.06. The average Bonchev–Trinajstić information content (AvgIpc) is 3.13. The zero-order valence-corrected chi connectivity index (χ0v) is 21.6. The third kappa shape index (κ3) is 3.60. The van der Waals surface area contributed by atoms with Crippen molar-refractivity contribution in [3.05, 3.63) is 108 Å².